The second-order valence-corrected chi connectivity index (χ2v) is 6.95. The zero-order valence-corrected chi connectivity index (χ0v) is 12.3. The van der Waals surface area contributed by atoms with E-state index in [2.05, 4.69) is 52.6 Å². The highest BCUT2D eigenvalue weighted by atomic mass is 14.8. The second-order valence-electron chi connectivity index (χ2n) is 6.95. The Bertz CT molecular complexity index is 392. The van der Waals surface area contributed by atoms with Crippen molar-refractivity contribution >= 4 is 0 Å². The number of rotatable bonds is 1. The first-order valence-electron chi connectivity index (χ1n) is 6.30. The molecule has 0 aromatic carbocycles. The van der Waals surface area contributed by atoms with Crippen LogP contribution in [0.2, 0.25) is 0 Å². The first kappa shape index (κ1) is 14.2. The van der Waals surface area contributed by atoms with Crippen molar-refractivity contribution in [1.29, 1.82) is 0 Å². The maximum absolute atomic E-state index is 6.01. The Kier molecular flexibility index (Phi) is 3.68. The summed E-state index contributed by atoms with van der Waals surface area (Å²) in [4.78, 5) is 4.59. The van der Waals surface area contributed by atoms with Crippen molar-refractivity contribution in [3.05, 3.63) is 29.1 Å². The summed E-state index contributed by atoms with van der Waals surface area (Å²) in [5.41, 5.74) is 9.77. The molecular weight excluding hydrogens is 208 g/mol. The van der Waals surface area contributed by atoms with Gasteiger partial charge in [-0.1, -0.05) is 47.6 Å². The normalized spacial score (nSPS) is 14.8. The second kappa shape index (κ2) is 4.41. The van der Waals surface area contributed by atoms with E-state index in [1.807, 2.05) is 13.1 Å². The third kappa shape index (κ3) is 3.29. The Morgan fingerprint density at radius 3 is 1.94 bits per heavy atom. The number of hydrogen-bond acceptors (Lipinski definition) is 2. The Morgan fingerprint density at radius 1 is 1.06 bits per heavy atom. The molecule has 0 bridgehead atoms. The molecule has 1 atom stereocenters. The summed E-state index contributed by atoms with van der Waals surface area (Å²) < 4.78 is 0. The average Bonchev–Trinajstić information content (AvgIpc) is 2.14. The van der Waals surface area contributed by atoms with Crippen LogP contribution in [-0.4, -0.2) is 4.98 Å². The smallest absolute Gasteiger partial charge is 0.0605 e. The zero-order chi connectivity index (χ0) is 13.4. The molecule has 1 aromatic rings. The maximum Gasteiger partial charge on any atom is 0.0605 e. The fourth-order valence-corrected chi connectivity index (χ4v) is 1.85. The first-order valence-corrected chi connectivity index (χ1v) is 6.30. The van der Waals surface area contributed by atoms with Crippen molar-refractivity contribution < 1.29 is 0 Å². The van der Waals surface area contributed by atoms with Crippen LogP contribution in [0.15, 0.2) is 12.3 Å². The fraction of sp³-hybridized carbons (Fsp3) is 0.667. The van der Waals surface area contributed by atoms with E-state index in [1.165, 1.54) is 11.1 Å². The lowest BCUT2D eigenvalue weighted by Crippen LogP contribution is -2.22. The third-order valence-corrected chi connectivity index (χ3v) is 3.02. The summed E-state index contributed by atoms with van der Waals surface area (Å²) in [7, 11) is 0. The van der Waals surface area contributed by atoms with Crippen LogP contribution >= 0.6 is 0 Å². The van der Waals surface area contributed by atoms with Crippen molar-refractivity contribution in [3.63, 3.8) is 0 Å². The highest BCUT2D eigenvalue weighted by Crippen LogP contribution is 2.31. The van der Waals surface area contributed by atoms with Gasteiger partial charge in [-0.05, 0) is 28.9 Å². The lowest BCUT2D eigenvalue weighted by molar-refractivity contribution is 0.548. The van der Waals surface area contributed by atoms with Crippen LogP contribution in [0.3, 0.4) is 0 Å². The molecule has 0 aliphatic heterocycles. The van der Waals surface area contributed by atoms with Gasteiger partial charge in [0.2, 0.25) is 0 Å². The van der Waals surface area contributed by atoms with Crippen LogP contribution in [0.5, 0.6) is 0 Å². The number of nitrogens with zero attached hydrogens (tertiary/aromatic N) is 1. The molecule has 17 heavy (non-hydrogen) atoms. The summed E-state index contributed by atoms with van der Waals surface area (Å²) in [6.45, 7) is 15.3. The largest absolute Gasteiger partial charge is 0.323 e. The van der Waals surface area contributed by atoms with Crippen molar-refractivity contribution in [1.82, 2.24) is 4.98 Å². The number of hydrogen-bond donors (Lipinski definition) is 1. The molecule has 1 unspecified atom stereocenters. The zero-order valence-electron chi connectivity index (χ0n) is 12.3. The number of aromatic nitrogens is 1. The summed E-state index contributed by atoms with van der Waals surface area (Å²) in [5, 5.41) is 0. The molecule has 0 amide bonds. The summed E-state index contributed by atoms with van der Waals surface area (Å²) in [5.74, 6) is 0. The van der Waals surface area contributed by atoms with E-state index in [9.17, 15) is 0 Å². The molecule has 0 aliphatic rings. The van der Waals surface area contributed by atoms with E-state index < -0.39 is 0 Å². The molecule has 0 saturated heterocycles. The quantitative estimate of drug-likeness (QED) is 0.804. The summed E-state index contributed by atoms with van der Waals surface area (Å²) in [6.07, 6.45) is 1.97. The van der Waals surface area contributed by atoms with Gasteiger partial charge < -0.3 is 5.73 Å². The monoisotopic (exact) mass is 234 g/mol. The predicted molar refractivity (Wildman–Crippen MR) is 74.2 cm³/mol. The van der Waals surface area contributed by atoms with Gasteiger partial charge in [0.25, 0.3) is 0 Å². The molecule has 1 heterocycles. The standard InChI is InChI=1S/C15H26N2/c1-10(16)13-12(15(5,6)7)8-11(9-17-13)14(2,3)4/h8-10H,16H2,1-7H3. The minimum Gasteiger partial charge on any atom is -0.323 e. The Morgan fingerprint density at radius 2 is 1.59 bits per heavy atom. The van der Waals surface area contributed by atoms with Gasteiger partial charge in [0.15, 0.2) is 0 Å². The molecule has 2 heteroatoms. The molecule has 0 spiro atoms. The van der Waals surface area contributed by atoms with Crippen LogP contribution in [0.4, 0.5) is 0 Å². The summed E-state index contributed by atoms with van der Waals surface area (Å²) >= 11 is 0. The van der Waals surface area contributed by atoms with Gasteiger partial charge in [-0.25, -0.2) is 0 Å². The van der Waals surface area contributed by atoms with Crippen molar-refractivity contribution in [3.8, 4) is 0 Å². The molecule has 1 rings (SSSR count). The lowest BCUT2D eigenvalue weighted by atomic mass is 9.80. The van der Waals surface area contributed by atoms with E-state index in [0.29, 0.717) is 0 Å². The number of pyridine rings is 1. The minimum atomic E-state index is -0.0155. The summed E-state index contributed by atoms with van der Waals surface area (Å²) in [6, 6.07) is 2.25. The van der Waals surface area contributed by atoms with Crippen molar-refractivity contribution in [2.24, 2.45) is 5.73 Å². The highest BCUT2D eigenvalue weighted by Gasteiger charge is 2.24. The molecule has 2 nitrogen and oxygen atoms in total. The van der Waals surface area contributed by atoms with Gasteiger partial charge in [-0.15, -0.1) is 0 Å². The molecule has 0 saturated carbocycles. The van der Waals surface area contributed by atoms with Crippen LogP contribution in [0, 0.1) is 0 Å². The predicted octanol–water partition coefficient (Wildman–Crippen LogP) is 3.70. The van der Waals surface area contributed by atoms with E-state index in [-0.39, 0.29) is 16.9 Å². The van der Waals surface area contributed by atoms with Crippen LogP contribution in [0.1, 0.15) is 71.3 Å². The van der Waals surface area contributed by atoms with Gasteiger partial charge in [0.1, 0.15) is 0 Å². The molecule has 0 aliphatic carbocycles. The molecule has 96 valence electrons. The maximum atomic E-state index is 6.01. The Balaban J connectivity index is 3.41. The van der Waals surface area contributed by atoms with Gasteiger partial charge in [-0.3, -0.25) is 4.98 Å². The lowest BCUT2D eigenvalue weighted by Gasteiger charge is -2.27. The minimum absolute atomic E-state index is 0.0155. The average molecular weight is 234 g/mol. The molecule has 2 N–H and O–H groups in total. The van der Waals surface area contributed by atoms with E-state index in [1.54, 1.807) is 0 Å². The van der Waals surface area contributed by atoms with Crippen LogP contribution in [-0.2, 0) is 10.8 Å². The van der Waals surface area contributed by atoms with Crippen LogP contribution < -0.4 is 5.73 Å². The van der Waals surface area contributed by atoms with Gasteiger partial charge in [0.05, 0.1) is 5.69 Å². The van der Waals surface area contributed by atoms with Gasteiger partial charge >= 0.3 is 0 Å². The fourth-order valence-electron chi connectivity index (χ4n) is 1.85. The molecule has 0 fully saturated rings. The Hall–Kier alpha value is -0.890. The molecule has 1 aromatic heterocycles. The first-order chi connectivity index (χ1) is 7.53. The van der Waals surface area contributed by atoms with Gasteiger partial charge in [-0.2, -0.15) is 0 Å². The molecule has 0 radical (unpaired) electrons. The van der Waals surface area contributed by atoms with Gasteiger partial charge in [0, 0.05) is 12.2 Å². The van der Waals surface area contributed by atoms with E-state index in [4.69, 9.17) is 5.73 Å². The van der Waals surface area contributed by atoms with Crippen molar-refractivity contribution in [2.45, 2.75) is 65.3 Å². The van der Waals surface area contributed by atoms with Crippen LogP contribution in [0.25, 0.3) is 0 Å². The topological polar surface area (TPSA) is 38.9 Å². The van der Waals surface area contributed by atoms with E-state index >= 15 is 0 Å². The third-order valence-electron chi connectivity index (χ3n) is 3.02. The van der Waals surface area contributed by atoms with Crippen molar-refractivity contribution in [2.75, 3.05) is 0 Å². The SMILES string of the molecule is CC(N)c1ncc(C(C)(C)C)cc1C(C)(C)C. The van der Waals surface area contributed by atoms with E-state index in [0.717, 1.165) is 5.69 Å². The Labute approximate surface area is 106 Å². The highest BCUT2D eigenvalue weighted by molar-refractivity contribution is 5.35. The molecular formula is C15H26N2. The number of nitrogens with two attached hydrogens (primary N) is 1.